The molecule has 1 atom stereocenters. The van der Waals surface area contributed by atoms with Crippen LogP contribution in [0.15, 0.2) is 85.1 Å². The van der Waals surface area contributed by atoms with Gasteiger partial charge in [-0.1, -0.05) is 78.4 Å². The van der Waals surface area contributed by atoms with Gasteiger partial charge in [-0.3, -0.25) is 0 Å². The number of para-hydroxylation sites is 1. The number of aromatic nitrogens is 1. The molecule has 1 aliphatic carbocycles. The molecule has 0 fully saturated rings. The van der Waals surface area contributed by atoms with E-state index >= 15 is 0 Å². The fraction of sp³-hybridized carbons (Fsp3) is 0.154. The van der Waals surface area contributed by atoms with Crippen LogP contribution in [0.1, 0.15) is 40.2 Å². The van der Waals surface area contributed by atoms with E-state index in [-0.39, 0.29) is 5.92 Å². The number of hydrogen-bond donors (Lipinski definition) is 1. The average molecular weight is 349 g/mol. The Kier molecular flexibility index (Phi) is 3.94. The van der Waals surface area contributed by atoms with Gasteiger partial charge in [0.2, 0.25) is 0 Å². The Bertz CT molecular complexity index is 1130. The molecule has 3 aromatic carbocycles. The highest BCUT2D eigenvalue weighted by Crippen LogP contribution is 2.43. The number of nitrogens with one attached hydrogen (secondary N) is 1. The van der Waals surface area contributed by atoms with Gasteiger partial charge in [0.05, 0.1) is 0 Å². The van der Waals surface area contributed by atoms with E-state index in [1.807, 2.05) is 0 Å². The molecule has 0 spiro atoms. The molecule has 1 heteroatoms. The van der Waals surface area contributed by atoms with Crippen LogP contribution < -0.4 is 0 Å². The Morgan fingerprint density at radius 1 is 0.852 bits per heavy atom. The van der Waals surface area contributed by atoms with Gasteiger partial charge in [0.15, 0.2) is 0 Å². The monoisotopic (exact) mass is 349 g/mol. The van der Waals surface area contributed by atoms with Crippen LogP contribution in [0.4, 0.5) is 0 Å². The summed E-state index contributed by atoms with van der Waals surface area (Å²) in [5.41, 5.74) is 9.52. The quantitative estimate of drug-likeness (QED) is 0.427. The zero-order valence-electron chi connectivity index (χ0n) is 15.6. The standard InChI is InChI=1S/C26H23N/c1-18-13-15-20(16-14-18)26(24-17-27-25-12-5-4-10-22(24)25)23-11-6-8-19-7-2-3-9-21(19)23/h2-5,7,9-17,26-27H,6,8H2,1H3. The maximum absolute atomic E-state index is 3.49. The summed E-state index contributed by atoms with van der Waals surface area (Å²) >= 11 is 0. The van der Waals surface area contributed by atoms with Gasteiger partial charge in [-0.05, 0) is 53.7 Å². The summed E-state index contributed by atoms with van der Waals surface area (Å²) in [6.45, 7) is 2.15. The van der Waals surface area contributed by atoms with Crippen LogP contribution in [0, 0.1) is 6.92 Å². The topological polar surface area (TPSA) is 15.8 Å². The summed E-state index contributed by atoms with van der Waals surface area (Å²) in [6, 6.07) is 26.6. The lowest BCUT2D eigenvalue weighted by Gasteiger charge is -2.26. The van der Waals surface area contributed by atoms with Crippen LogP contribution in [0.3, 0.4) is 0 Å². The number of aromatic amines is 1. The molecule has 1 nitrogen and oxygen atoms in total. The number of fused-ring (bicyclic) bond motifs is 2. The first kappa shape index (κ1) is 16.1. The predicted octanol–water partition coefficient (Wildman–Crippen LogP) is 6.64. The van der Waals surface area contributed by atoms with E-state index in [0.717, 1.165) is 12.8 Å². The third-order valence-electron chi connectivity index (χ3n) is 5.76. The third kappa shape index (κ3) is 2.80. The van der Waals surface area contributed by atoms with Crippen LogP contribution in [0.25, 0.3) is 16.5 Å². The lowest BCUT2D eigenvalue weighted by Crippen LogP contribution is -2.09. The Morgan fingerprint density at radius 3 is 2.52 bits per heavy atom. The molecule has 27 heavy (non-hydrogen) atoms. The van der Waals surface area contributed by atoms with Gasteiger partial charge in [0.1, 0.15) is 0 Å². The molecule has 0 radical (unpaired) electrons. The summed E-state index contributed by atoms with van der Waals surface area (Å²) in [6.07, 6.45) is 6.90. The smallest absolute Gasteiger partial charge is 0.0457 e. The highest BCUT2D eigenvalue weighted by Gasteiger charge is 2.26. The van der Waals surface area contributed by atoms with Crippen LogP contribution in [-0.4, -0.2) is 4.98 Å². The number of hydrogen-bond acceptors (Lipinski definition) is 0. The molecule has 1 heterocycles. The maximum Gasteiger partial charge on any atom is 0.0457 e. The Morgan fingerprint density at radius 2 is 1.63 bits per heavy atom. The molecule has 4 aromatic rings. The van der Waals surface area contributed by atoms with E-state index in [2.05, 4.69) is 97.0 Å². The minimum absolute atomic E-state index is 0.239. The maximum atomic E-state index is 3.49. The summed E-state index contributed by atoms with van der Waals surface area (Å²) in [5.74, 6) is 0.239. The van der Waals surface area contributed by atoms with Crippen molar-refractivity contribution in [1.82, 2.24) is 4.98 Å². The molecule has 5 rings (SSSR count). The predicted molar refractivity (Wildman–Crippen MR) is 114 cm³/mol. The molecular weight excluding hydrogens is 326 g/mol. The summed E-state index contributed by atoms with van der Waals surface area (Å²) < 4.78 is 0. The molecule has 1 N–H and O–H groups in total. The molecule has 0 bridgehead atoms. The van der Waals surface area contributed by atoms with Crippen molar-refractivity contribution >= 4 is 16.5 Å². The van der Waals surface area contributed by atoms with E-state index in [1.54, 1.807) is 0 Å². The number of rotatable bonds is 3. The van der Waals surface area contributed by atoms with E-state index in [4.69, 9.17) is 0 Å². The van der Waals surface area contributed by atoms with Gasteiger partial charge < -0.3 is 4.98 Å². The molecule has 1 aromatic heterocycles. The first-order valence-corrected chi connectivity index (χ1v) is 9.72. The van der Waals surface area contributed by atoms with Gasteiger partial charge in [-0.25, -0.2) is 0 Å². The van der Waals surface area contributed by atoms with Crippen molar-refractivity contribution in [3.05, 3.63) is 113 Å². The Labute approximate surface area is 160 Å². The van der Waals surface area contributed by atoms with Crippen LogP contribution in [0.2, 0.25) is 0 Å². The first-order valence-electron chi connectivity index (χ1n) is 9.72. The van der Waals surface area contributed by atoms with Gasteiger partial charge in [0.25, 0.3) is 0 Å². The van der Waals surface area contributed by atoms with Gasteiger partial charge >= 0.3 is 0 Å². The van der Waals surface area contributed by atoms with Crippen molar-refractivity contribution in [2.24, 2.45) is 0 Å². The van der Waals surface area contributed by atoms with Gasteiger partial charge in [0, 0.05) is 23.0 Å². The molecule has 132 valence electrons. The Balaban J connectivity index is 1.74. The van der Waals surface area contributed by atoms with Crippen molar-refractivity contribution < 1.29 is 0 Å². The van der Waals surface area contributed by atoms with Crippen molar-refractivity contribution in [2.45, 2.75) is 25.7 Å². The summed E-state index contributed by atoms with van der Waals surface area (Å²) in [4.78, 5) is 3.49. The lowest BCUT2D eigenvalue weighted by molar-refractivity contribution is 0.940. The number of H-pyrrole nitrogens is 1. The zero-order valence-corrected chi connectivity index (χ0v) is 15.6. The van der Waals surface area contributed by atoms with Crippen molar-refractivity contribution in [3.63, 3.8) is 0 Å². The van der Waals surface area contributed by atoms with Crippen LogP contribution in [-0.2, 0) is 6.42 Å². The summed E-state index contributed by atoms with van der Waals surface area (Å²) in [7, 11) is 0. The van der Waals surface area contributed by atoms with Crippen LogP contribution >= 0.6 is 0 Å². The number of benzene rings is 3. The van der Waals surface area contributed by atoms with E-state index in [1.165, 1.54) is 44.3 Å². The second-order valence-electron chi connectivity index (χ2n) is 7.49. The van der Waals surface area contributed by atoms with Crippen molar-refractivity contribution in [3.8, 4) is 0 Å². The third-order valence-corrected chi connectivity index (χ3v) is 5.76. The fourth-order valence-electron chi connectivity index (χ4n) is 4.40. The van der Waals surface area contributed by atoms with Crippen molar-refractivity contribution in [1.29, 1.82) is 0 Å². The molecule has 0 saturated carbocycles. The van der Waals surface area contributed by atoms with Gasteiger partial charge in [-0.2, -0.15) is 0 Å². The largest absolute Gasteiger partial charge is 0.361 e. The molecule has 0 aliphatic heterocycles. The lowest BCUT2D eigenvalue weighted by atomic mass is 9.77. The molecule has 1 aliphatic rings. The minimum Gasteiger partial charge on any atom is -0.361 e. The Hall–Kier alpha value is -3.06. The van der Waals surface area contributed by atoms with Gasteiger partial charge in [-0.15, -0.1) is 0 Å². The van der Waals surface area contributed by atoms with E-state index in [9.17, 15) is 0 Å². The molecule has 0 saturated heterocycles. The second kappa shape index (κ2) is 6.59. The minimum atomic E-state index is 0.239. The first-order chi connectivity index (χ1) is 13.3. The average Bonchev–Trinajstić information content (AvgIpc) is 3.14. The highest BCUT2D eigenvalue weighted by molar-refractivity contribution is 5.89. The van der Waals surface area contributed by atoms with Crippen molar-refractivity contribution in [2.75, 3.05) is 0 Å². The molecule has 1 unspecified atom stereocenters. The highest BCUT2D eigenvalue weighted by atomic mass is 14.7. The zero-order chi connectivity index (χ0) is 18.2. The normalized spacial score (nSPS) is 14.6. The summed E-state index contributed by atoms with van der Waals surface area (Å²) in [5, 5.41) is 1.31. The SMILES string of the molecule is Cc1ccc(C(C2=CCCc3ccccc32)c2c[nH]c3ccccc23)cc1. The second-order valence-corrected chi connectivity index (χ2v) is 7.49. The fourth-order valence-corrected chi connectivity index (χ4v) is 4.40. The van der Waals surface area contributed by atoms with E-state index in [0.29, 0.717) is 0 Å². The number of aryl methyl sites for hydroxylation is 2. The van der Waals surface area contributed by atoms with E-state index < -0.39 is 0 Å². The number of allylic oxidation sites excluding steroid dienone is 2. The molecular formula is C26H23N. The van der Waals surface area contributed by atoms with Crippen LogP contribution in [0.5, 0.6) is 0 Å². The molecule has 0 amide bonds.